The second-order valence-electron chi connectivity index (χ2n) is 9.55. The van der Waals surface area contributed by atoms with E-state index < -0.39 is 0 Å². The van der Waals surface area contributed by atoms with Crippen LogP contribution in [0.4, 0.5) is 5.82 Å². The fourth-order valence-corrected chi connectivity index (χ4v) is 4.36. The fraction of sp³-hybridized carbons (Fsp3) is 0.417. The molecule has 1 saturated heterocycles. The van der Waals surface area contributed by atoms with Crippen LogP contribution in [0, 0.1) is 13.8 Å². The number of nitrogens with zero attached hydrogens (tertiary/aromatic N) is 5. The van der Waals surface area contributed by atoms with E-state index in [2.05, 4.69) is 41.0 Å². The molecule has 8 nitrogen and oxygen atoms in total. The van der Waals surface area contributed by atoms with Gasteiger partial charge in [-0.2, -0.15) is 0 Å². The molecule has 5 rings (SSSR count). The maximum absolute atomic E-state index is 10.7. The number of fused-ring (bicyclic) bond motifs is 2. The van der Waals surface area contributed by atoms with Gasteiger partial charge in [-0.15, -0.1) is 0 Å². The van der Waals surface area contributed by atoms with Crippen molar-refractivity contribution in [1.82, 2.24) is 25.3 Å². The van der Waals surface area contributed by atoms with Crippen LogP contribution in [0.2, 0.25) is 0 Å². The standard InChI is InChI=1S/C24H28N6O2/c1-13-20-23(32-14(2)25-20)28-21(22(13)31)18-7-6-17-16(26-18)8-9-19(27-17)30-11-10-15(12-30)29-24(3,4)5/h6-9,15,29,31H,10-12H2,1-5H3. The molecule has 0 saturated carbocycles. The molecule has 2 N–H and O–H groups in total. The Bertz CT molecular complexity index is 1320. The number of hydrogen-bond donors (Lipinski definition) is 2. The zero-order valence-electron chi connectivity index (χ0n) is 19.1. The van der Waals surface area contributed by atoms with Gasteiger partial charge in [0.15, 0.2) is 5.89 Å². The summed E-state index contributed by atoms with van der Waals surface area (Å²) in [7, 11) is 0. The quantitative estimate of drug-likeness (QED) is 0.499. The van der Waals surface area contributed by atoms with Gasteiger partial charge in [-0.25, -0.2) is 19.9 Å². The smallest absolute Gasteiger partial charge is 0.248 e. The zero-order chi connectivity index (χ0) is 22.6. The highest BCUT2D eigenvalue weighted by molar-refractivity contribution is 5.84. The van der Waals surface area contributed by atoms with Crippen molar-refractivity contribution < 1.29 is 9.52 Å². The fourth-order valence-electron chi connectivity index (χ4n) is 4.36. The molecule has 8 heteroatoms. The van der Waals surface area contributed by atoms with E-state index in [-0.39, 0.29) is 11.3 Å². The van der Waals surface area contributed by atoms with Crippen LogP contribution in [0.25, 0.3) is 33.7 Å². The normalized spacial score (nSPS) is 17.0. The third kappa shape index (κ3) is 3.75. The Morgan fingerprint density at radius 2 is 1.78 bits per heavy atom. The van der Waals surface area contributed by atoms with E-state index in [9.17, 15) is 5.11 Å². The molecule has 1 aliphatic rings. The van der Waals surface area contributed by atoms with Gasteiger partial charge < -0.3 is 19.7 Å². The lowest BCUT2D eigenvalue weighted by Crippen LogP contribution is -2.44. The molecular weight excluding hydrogens is 404 g/mol. The summed E-state index contributed by atoms with van der Waals surface area (Å²) in [6, 6.07) is 8.21. The Balaban J connectivity index is 1.45. The Morgan fingerprint density at radius 1 is 1.03 bits per heavy atom. The summed E-state index contributed by atoms with van der Waals surface area (Å²) >= 11 is 0. The van der Waals surface area contributed by atoms with Gasteiger partial charge in [0.25, 0.3) is 0 Å². The number of aryl methyl sites for hydroxylation is 2. The molecule has 0 bridgehead atoms. The number of aromatic hydroxyl groups is 1. The monoisotopic (exact) mass is 432 g/mol. The van der Waals surface area contributed by atoms with Gasteiger partial charge in [0.1, 0.15) is 22.8 Å². The first-order chi connectivity index (χ1) is 15.2. The van der Waals surface area contributed by atoms with E-state index in [0.717, 1.165) is 36.4 Å². The number of nitrogens with one attached hydrogen (secondary N) is 1. The van der Waals surface area contributed by atoms with E-state index in [1.807, 2.05) is 24.3 Å². The van der Waals surface area contributed by atoms with E-state index >= 15 is 0 Å². The third-order valence-corrected chi connectivity index (χ3v) is 5.78. The van der Waals surface area contributed by atoms with Crippen LogP contribution in [0.15, 0.2) is 28.7 Å². The Morgan fingerprint density at radius 3 is 2.56 bits per heavy atom. The van der Waals surface area contributed by atoms with E-state index in [0.29, 0.717) is 40.1 Å². The SMILES string of the molecule is Cc1nc2c(C)c(O)c(-c3ccc4nc(N5CCC(NC(C)(C)C)C5)ccc4n3)nc2o1. The molecule has 5 heterocycles. The van der Waals surface area contributed by atoms with Crippen LogP contribution in [0.1, 0.15) is 38.6 Å². The van der Waals surface area contributed by atoms with Crippen LogP contribution in [-0.2, 0) is 0 Å². The molecule has 0 spiro atoms. The van der Waals surface area contributed by atoms with Gasteiger partial charge in [-0.05, 0) is 58.4 Å². The minimum absolute atomic E-state index is 0.0664. The molecule has 32 heavy (non-hydrogen) atoms. The molecule has 0 amide bonds. The molecule has 4 aromatic heterocycles. The summed E-state index contributed by atoms with van der Waals surface area (Å²) in [4.78, 5) is 20.6. The first kappa shape index (κ1) is 20.6. The van der Waals surface area contributed by atoms with Crippen molar-refractivity contribution >= 4 is 28.1 Å². The highest BCUT2D eigenvalue weighted by atomic mass is 16.4. The Kier molecular flexibility index (Phi) is 4.78. The van der Waals surface area contributed by atoms with E-state index in [4.69, 9.17) is 14.4 Å². The lowest BCUT2D eigenvalue weighted by atomic mass is 10.1. The van der Waals surface area contributed by atoms with Gasteiger partial charge in [-0.1, -0.05) is 0 Å². The number of hydrogen-bond acceptors (Lipinski definition) is 8. The van der Waals surface area contributed by atoms with Crippen LogP contribution < -0.4 is 10.2 Å². The summed E-state index contributed by atoms with van der Waals surface area (Å²) < 4.78 is 5.58. The molecule has 1 atom stereocenters. The summed E-state index contributed by atoms with van der Waals surface area (Å²) in [6.07, 6.45) is 1.10. The van der Waals surface area contributed by atoms with Crippen LogP contribution in [0.3, 0.4) is 0 Å². The topological polar surface area (TPSA) is 100 Å². The second kappa shape index (κ2) is 7.41. The van der Waals surface area contributed by atoms with Gasteiger partial charge in [0, 0.05) is 37.2 Å². The Labute approximate surface area is 186 Å². The molecule has 1 fully saturated rings. The van der Waals surface area contributed by atoms with Crippen molar-refractivity contribution in [3.63, 3.8) is 0 Å². The molecule has 0 aliphatic carbocycles. The minimum atomic E-state index is 0.0664. The third-order valence-electron chi connectivity index (χ3n) is 5.78. The minimum Gasteiger partial charge on any atom is -0.505 e. The van der Waals surface area contributed by atoms with Crippen LogP contribution >= 0.6 is 0 Å². The van der Waals surface area contributed by atoms with Crippen molar-refractivity contribution in [2.45, 2.75) is 52.6 Å². The van der Waals surface area contributed by atoms with Gasteiger partial charge in [0.2, 0.25) is 5.71 Å². The lowest BCUT2D eigenvalue weighted by molar-refractivity contribution is 0.373. The predicted octanol–water partition coefficient (Wildman–Crippen LogP) is 4.12. The Hall–Kier alpha value is -3.26. The largest absolute Gasteiger partial charge is 0.505 e. The molecule has 0 radical (unpaired) electrons. The summed E-state index contributed by atoms with van der Waals surface area (Å²) in [5.74, 6) is 1.54. The van der Waals surface area contributed by atoms with Gasteiger partial charge in [0.05, 0.1) is 16.7 Å². The number of pyridine rings is 3. The second-order valence-corrected chi connectivity index (χ2v) is 9.55. The predicted molar refractivity (Wildman–Crippen MR) is 125 cm³/mol. The van der Waals surface area contributed by atoms with Crippen LogP contribution in [-0.4, -0.2) is 49.7 Å². The average Bonchev–Trinajstić information content (AvgIpc) is 3.34. The molecule has 166 valence electrons. The molecule has 0 aromatic carbocycles. The molecule has 1 unspecified atom stereocenters. The van der Waals surface area contributed by atoms with Gasteiger partial charge >= 0.3 is 0 Å². The summed E-state index contributed by atoms with van der Waals surface area (Å²) in [5.41, 5.74) is 4.21. The maximum atomic E-state index is 10.7. The molecule has 4 aromatic rings. The summed E-state index contributed by atoms with van der Waals surface area (Å²) in [5, 5.41) is 14.4. The zero-order valence-corrected chi connectivity index (χ0v) is 19.1. The molecular formula is C24H28N6O2. The number of aromatic nitrogens is 4. The highest BCUT2D eigenvalue weighted by Gasteiger charge is 2.26. The van der Waals surface area contributed by atoms with E-state index in [1.54, 1.807) is 13.8 Å². The van der Waals surface area contributed by atoms with Crippen molar-refractivity contribution in [2.24, 2.45) is 0 Å². The lowest BCUT2D eigenvalue weighted by Gasteiger charge is -2.26. The number of rotatable bonds is 3. The first-order valence-electron chi connectivity index (χ1n) is 11.0. The van der Waals surface area contributed by atoms with E-state index in [1.165, 1.54) is 0 Å². The first-order valence-corrected chi connectivity index (χ1v) is 11.0. The molecule has 1 aliphatic heterocycles. The van der Waals surface area contributed by atoms with Gasteiger partial charge in [-0.3, -0.25) is 0 Å². The van der Waals surface area contributed by atoms with Crippen LogP contribution in [0.5, 0.6) is 5.75 Å². The van der Waals surface area contributed by atoms with Crippen molar-refractivity contribution in [2.75, 3.05) is 18.0 Å². The summed E-state index contributed by atoms with van der Waals surface area (Å²) in [6.45, 7) is 12.1. The van der Waals surface area contributed by atoms with Crippen molar-refractivity contribution in [1.29, 1.82) is 0 Å². The maximum Gasteiger partial charge on any atom is 0.248 e. The van der Waals surface area contributed by atoms with Crippen molar-refractivity contribution in [3.05, 3.63) is 35.7 Å². The van der Waals surface area contributed by atoms with Crippen molar-refractivity contribution in [3.8, 4) is 17.1 Å². The average molecular weight is 433 g/mol. The highest BCUT2D eigenvalue weighted by Crippen LogP contribution is 2.34. The number of anilines is 1. The number of oxazole rings is 1.